The van der Waals surface area contributed by atoms with Crippen molar-refractivity contribution in [1.82, 2.24) is 29.9 Å². The molecule has 0 saturated carbocycles. The zero-order valence-corrected chi connectivity index (χ0v) is 16.7. The first-order chi connectivity index (χ1) is 14.8. The molecule has 11 heteroatoms. The zero-order valence-electron chi connectivity index (χ0n) is 16.7. The van der Waals surface area contributed by atoms with Crippen molar-refractivity contribution in [2.24, 2.45) is 0 Å². The van der Waals surface area contributed by atoms with Crippen LogP contribution in [-0.2, 0) is 6.18 Å². The van der Waals surface area contributed by atoms with Crippen molar-refractivity contribution >= 4 is 11.7 Å². The molecule has 8 nitrogen and oxygen atoms in total. The first kappa shape index (κ1) is 20.8. The van der Waals surface area contributed by atoms with Crippen LogP contribution in [0.2, 0.25) is 0 Å². The molecule has 31 heavy (non-hydrogen) atoms. The number of rotatable bonds is 4. The summed E-state index contributed by atoms with van der Waals surface area (Å²) < 4.78 is 38.2. The maximum absolute atomic E-state index is 13.2. The van der Waals surface area contributed by atoms with Gasteiger partial charge in [0.25, 0.3) is 5.91 Å². The summed E-state index contributed by atoms with van der Waals surface area (Å²) in [6.07, 6.45) is 0.912. The number of amides is 1. The highest BCUT2D eigenvalue weighted by Crippen LogP contribution is 2.29. The van der Waals surface area contributed by atoms with E-state index in [-0.39, 0.29) is 11.9 Å². The van der Waals surface area contributed by atoms with Crippen LogP contribution in [0.4, 0.5) is 19.0 Å². The van der Waals surface area contributed by atoms with Crippen LogP contribution < -0.4 is 5.32 Å². The van der Waals surface area contributed by atoms with Crippen molar-refractivity contribution in [3.63, 3.8) is 0 Å². The lowest BCUT2D eigenvalue weighted by Gasteiger charge is -2.33. The summed E-state index contributed by atoms with van der Waals surface area (Å²) in [7, 11) is 0. The predicted molar refractivity (Wildman–Crippen MR) is 106 cm³/mol. The molecule has 0 aromatic carbocycles. The highest BCUT2D eigenvalue weighted by atomic mass is 19.4. The minimum absolute atomic E-state index is 0.133. The quantitative estimate of drug-likeness (QED) is 0.683. The van der Waals surface area contributed by atoms with E-state index in [0.29, 0.717) is 30.3 Å². The number of hydrogen-bond donors (Lipinski definition) is 1. The molecule has 0 bridgehead atoms. The van der Waals surface area contributed by atoms with Gasteiger partial charge in [0.15, 0.2) is 5.82 Å². The van der Waals surface area contributed by atoms with Gasteiger partial charge in [-0.25, -0.2) is 9.97 Å². The Hall–Kier alpha value is -3.50. The summed E-state index contributed by atoms with van der Waals surface area (Å²) in [5.74, 6) is 0.492. The fourth-order valence-corrected chi connectivity index (χ4v) is 3.49. The summed E-state index contributed by atoms with van der Waals surface area (Å²) in [6.45, 7) is 2.78. The number of likely N-dealkylation sites (tertiary alicyclic amines) is 1. The molecule has 1 aliphatic rings. The lowest BCUT2D eigenvalue weighted by atomic mass is 10.0. The van der Waals surface area contributed by atoms with Crippen molar-refractivity contribution in [3.05, 3.63) is 59.7 Å². The number of anilines is 1. The smallest absolute Gasteiger partial charge is 0.366 e. The second-order valence-corrected chi connectivity index (χ2v) is 7.31. The van der Waals surface area contributed by atoms with Crippen molar-refractivity contribution < 1.29 is 18.0 Å². The minimum atomic E-state index is -4.43. The molecule has 1 fully saturated rings. The number of hydrogen-bond acceptors (Lipinski definition) is 6. The number of nitrogens with one attached hydrogen (secondary N) is 1. The summed E-state index contributed by atoms with van der Waals surface area (Å²) in [5, 5.41) is 11.3. The molecular weight excluding hydrogens is 411 g/mol. The van der Waals surface area contributed by atoms with E-state index in [1.54, 1.807) is 17.0 Å². The number of piperidine rings is 1. The van der Waals surface area contributed by atoms with Crippen LogP contribution in [0.25, 0.3) is 5.82 Å². The SMILES string of the molecule is Cc1ccc(C(=O)N2CCC[C@@H](Nc3ccc(C(F)(F)F)cn3)C2)c(-n2nccn2)n1. The topological polar surface area (TPSA) is 88.8 Å². The Morgan fingerprint density at radius 1 is 1.16 bits per heavy atom. The van der Waals surface area contributed by atoms with Crippen LogP contribution in [0, 0.1) is 6.92 Å². The molecule has 3 aromatic heterocycles. The maximum atomic E-state index is 13.2. The summed E-state index contributed by atoms with van der Waals surface area (Å²) >= 11 is 0. The molecule has 1 N–H and O–H groups in total. The van der Waals surface area contributed by atoms with Crippen molar-refractivity contribution in [2.75, 3.05) is 18.4 Å². The Morgan fingerprint density at radius 3 is 2.61 bits per heavy atom. The van der Waals surface area contributed by atoms with Crippen LogP contribution in [0.1, 0.15) is 34.5 Å². The van der Waals surface area contributed by atoms with E-state index in [1.807, 2.05) is 6.92 Å². The molecular formula is C20H20F3N7O. The van der Waals surface area contributed by atoms with Gasteiger partial charge in [-0.3, -0.25) is 4.79 Å². The Balaban J connectivity index is 1.49. The minimum Gasteiger partial charge on any atom is -0.366 e. The van der Waals surface area contributed by atoms with Crippen LogP contribution >= 0.6 is 0 Å². The maximum Gasteiger partial charge on any atom is 0.417 e. The Kier molecular flexibility index (Phi) is 5.57. The molecule has 1 aliphatic heterocycles. The fraction of sp³-hybridized carbons (Fsp3) is 0.350. The number of carbonyl (C=O) groups excluding carboxylic acids is 1. The number of aryl methyl sites for hydroxylation is 1. The zero-order chi connectivity index (χ0) is 22.0. The van der Waals surface area contributed by atoms with Crippen molar-refractivity contribution in [1.29, 1.82) is 0 Å². The molecule has 4 rings (SSSR count). The first-order valence-electron chi connectivity index (χ1n) is 9.74. The van der Waals surface area contributed by atoms with Gasteiger partial charge in [-0.15, -0.1) is 4.80 Å². The van der Waals surface area contributed by atoms with Gasteiger partial charge in [0.2, 0.25) is 0 Å². The third-order valence-electron chi connectivity index (χ3n) is 5.00. The van der Waals surface area contributed by atoms with E-state index >= 15 is 0 Å². The normalized spacial score (nSPS) is 16.9. The van der Waals surface area contributed by atoms with Crippen molar-refractivity contribution in [3.8, 4) is 5.82 Å². The molecule has 0 spiro atoms. The fourth-order valence-electron chi connectivity index (χ4n) is 3.49. The second kappa shape index (κ2) is 8.32. The van der Waals surface area contributed by atoms with E-state index < -0.39 is 11.7 Å². The molecule has 0 unspecified atom stereocenters. The first-order valence-corrected chi connectivity index (χ1v) is 9.74. The van der Waals surface area contributed by atoms with Gasteiger partial charge in [0.05, 0.1) is 23.5 Å². The standard InChI is InChI=1S/C20H20F3N7O/c1-13-4-6-16(18(27-13)30-25-8-9-26-30)19(31)29-10-2-3-15(12-29)28-17-7-5-14(11-24-17)20(21,22)23/h4-9,11,15H,2-3,10,12H2,1H3,(H,24,28)/t15-/m1/s1. The second-order valence-electron chi connectivity index (χ2n) is 7.31. The highest BCUT2D eigenvalue weighted by molar-refractivity contribution is 5.97. The van der Waals surface area contributed by atoms with Gasteiger partial charge in [-0.1, -0.05) is 0 Å². The molecule has 1 amide bonds. The molecule has 0 aliphatic carbocycles. The van der Waals surface area contributed by atoms with Crippen molar-refractivity contribution in [2.45, 2.75) is 32.0 Å². The third-order valence-corrected chi connectivity index (χ3v) is 5.00. The lowest BCUT2D eigenvalue weighted by molar-refractivity contribution is -0.137. The predicted octanol–water partition coefficient (Wildman–Crippen LogP) is 3.10. The van der Waals surface area contributed by atoms with Gasteiger partial charge in [-0.05, 0) is 44.0 Å². The summed E-state index contributed by atoms with van der Waals surface area (Å²) in [4.78, 5) is 24.5. The number of alkyl halides is 3. The van der Waals surface area contributed by atoms with Crippen LogP contribution in [0.3, 0.4) is 0 Å². The molecule has 4 heterocycles. The van der Waals surface area contributed by atoms with Gasteiger partial charge >= 0.3 is 6.18 Å². The third kappa shape index (κ3) is 4.65. The monoisotopic (exact) mass is 431 g/mol. The van der Waals surface area contributed by atoms with Gasteiger partial charge < -0.3 is 10.2 Å². The molecule has 3 aromatic rings. The Bertz CT molecular complexity index is 1050. The van der Waals surface area contributed by atoms with E-state index in [9.17, 15) is 18.0 Å². The molecule has 0 radical (unpaired) electrons. The largest absolute Gasteiger partial charge is 0.417 e. The van der Waals surface area contributed by atoms with Gasteiger partial charge in [-0.2, -0.15) is 23.4 Å². The number of nitrogens with zero attached hydrogens (tertiary/aromatic N) is 6. The van der Waals surface area contributed by atoms with Gasteiger partial charge in [0.1, 0.15) is 5.82 Å². The average Bonchev–Trinajstić information content (AvgIpc) is 3.28. The van der Waals surface area contributed by atoms with Crippen LogP contribution in [0.15, 0.2) is 42.9 Å². The summed E-state index contributed by atoms with van der Waals surface area (Å²) in [6, 6.07) is 5.62. The van der Waals surface area contributed by atoms with E-state index in [0.717, 1.165) is 30.8 Å². The van der Waals surface area contributed by atoms with Gasteiger partial charge in [0, 0.05) is 31.0 Å². The number of aromatic nitrogens is 5. The number of pyridine rings is 2. The average molecular weight is 431 g/mol. The number of carbonyl (C=O) groups is 1. The van der Waals surface area contributed by atoms with Crippen LogP contribution in [0.5, 0.6) is 0 Å². The molecule has 162 valence electrons. The summed E-state index contributed by atoms with van der Waals surface area (Å²) in [5.41, 5.74) is 0.315. The highest BCUT2D eigenvalue weighted by Gasteiger charge is 2.31. The van der Waals surface area contributed by atoms with E-state index in [1.165, 1.54) is 23.3 Å². The molecule has 1 saturated heterocycles. The number of halogens is 3. The Morgan fingerprint density at radius 2 is 1.94 bits per heavy atom. The lowest BCUT2D eigenvalue weighted by Crippen LogP contribution is -2.45. The van der Waals surface area contributed by atoms with E-state index in [4.69, 9.17) is 0 Å². The van der Waals surface area contributed by atoms with E-state index in [2.05, 4.69) is 25.5 Å². The molecule has 1 atom stereocenters. The van der Waals surface area contributed by atoms with Crippen LogP contribution in [-0.4, -0.2) is 54.9 Å². The Labute approximate surface area is 176 Å².